The molecule has 0 fully saturated rings. The van der Waals surface area contributed by atoms with Crippen LogP contribution >= 0.6 is 0 Å². The quantitative estimate of drug-likeness (QED) is 0.429. The van der Waals surface area contributed by atoms with E-state index in [4.69, 9.17) is 13.7 Å². The lowest BCUT2D eigenvalue weighted by Crippen LogP contribution is -2.30. The lowest BCUT2D eigenvalue weighted by molar-refractivity contribution is 0.410. The highest BCUT2D eigenvalue weighted by atomic mass is 32.2. The lowest BCUT2D eigenvalue weighted by atomic mass is 10.2. The molecule has 154 valence electrons. The van der Waals surface area contributed by atoms with Crippen LogP contribution in [0.25, 0.3) is 11.5 Å². The van der Waals surface area contributed by atoms with Crippen LogP contribution in [0.4, 0.5) is 5.69 Å². The summed E-state index contributed by atoms with van der Waals surface area (Å²) in [6.45, 7) is 1.84. The van der Waals surface area contributed by atoms with Crippen LogP contribution in [0.5, 0.6) is 5.75 Å². The van der Waals surface area contributed by atoms with Crippen molar-refractivity contribution < 1.29 is 22.1 Å². The minimum Gasteiger partial charge on any atom is -0.497 e. The van der Waals surface area contributed by atoms with Crippen LogP contribution in [-0.2, 0) is 16.6 Å². The fourth-order valence-electron chi connectivity index (χ4n) is 3.03. The molecule has 0 saturated carbocycles. The Balaban J connectivity index is 1.73. The molecule has 0 aliphatic rings. The van der Waals surface area contributed by atoms with Crippen molar-refractivity contribution >= 4 is 15.7 Å². The Labute approximate surface area is 174 Å². The monoisotopic (exact) mass is 424 g/mol. The van der Waals surface area contributed by atoms with E-state index in [-0.39, 0.29) is 11.4 Å². The Morgan fingerprint density at radius 3 is 2.47 bits per heavy atom. The van der Waals surface area contributed by atoms with Gasteiger partial charge in [0.05, 0.1) is 30.5 Å². The topological polar surface area (TPSA) is 85.8 Å². The van der Waals surface area contributed by atoms with Gasteiger partial charge in [0.25, 0.3) is 10.0 Å². The molecule has 0 unspecified atom stereocenters. The first-order valence-corrected chi connectivity index (χ1v) is 10.6. The van der Waals surface area contributed by atoms with Crippen LogP contribution < -0.4 is 9.04 Å². The van der Waals surface area contributed by atoms with E-state index in [9.17, 15) is 8.42 Å². The van der Waals surface area contributed by atoms with E-state index in [1.807, 2.05) is 13.0 Å². The number of hydrogen-bond donors (Lipinski definition) is 0. The Hall–Kier alpha value is -3.52. The van der Waals surface area contributed by atoms with Crippen molar-refractivity contribution in [3.05, 3.63) is 84.3 Å². The normalized spacial score (nSPS) is 11.4. The van der Waals surface area contributed by atoms with Crippen molar-refractivity contribution in [3.63, 3.8) is 0 Å². The SMILES string of the molecule is COc1ccc(N(Cc2cc(-c3ccco3)on2)S(=O)(=O)c2cccc(C)c2)cc1. The number of furan rings is 1. The molecule has 7 nitrogen and oxygen atoms in total. The summed E-state index contributed by atoms with van der Waals surface area (Å²) in [4.78, 5) is 0.202. The number of hydrogen-bond acceptors (Lipinski definition) is 6. The maximum Gasteiger partial charge on any atom is 0.264 e. The van der Waals surface area contributed by atoms with Gasteiger partial charge in [-0.05, 0) is 61.0 Å². The second-order valence-corrected chi connectivity index (χ2v) is 8.55. The van der Waals surface area contributed by atoms with Gasteiger partial charge in [0, 0.05) is 6.07 Å². The molecule has 0 aliphatic carbocycles. The van der Waals surface area contributed by atoms with Gasteiger partial charge in [0.2, 0.25) is 5.76 Å². The molecule has 0 saturated heterocycles. The zero-order valence-electron chi connectivity index (χ0n) is 16.5. The van der Waals surface area contributed by atoms with Crippen molar-refractivity contribution in [2.45, 2.75) is 18.4 Å². The molecule has 8 heteroatoms. The van der Waals surface area contributed by atoms with Gasteiger partial charge in [-0.3, -0.25) is 4.31 Å². The molecule has 0 spiro atoms. The van der Waals surface area contributed by atoms with Crippen molar-refractivity contribution in [2.24, 2.45) is 0 Å². The molecular formula is C22H20N2O5S. The van der Waals surface area contributed by atoms with Gasteiger partial charge < -0.3 is 13.7 Å². The molecule has 0 amide bonds. The molecule has 0 atom stereocenters. The highest BCUT2D eigenvalue weighted by Crippen LogP contribution is 2.29. The third kappa shape index (κ3) is 3.95. The second kappa shape index (κ2) is 8.08. The van der Waals surface area contributed by atoms with Crippen LogP contribution in [-0.4, -0.2) is 20.7 Å². The number of benzene rings is 2. The summed E-state index contributed by atoms with van der Waals surface area (Å²) < 4.78 is 44.1. The van der Waals surface area contributed by atoms with Crippen molar-refractivity contribution in [1.82, 2.24) is 5.16 Å². The molecule has 0 N–H and O–H groups in total. The zero-order valence-corrected chi connectivity index (χ0v) is 17.3. The summed E-state index contributed by atoms with van der Waals surface area (Å²) in [6, 6.07) is 18.8. The van der Waals surface area contributed by atoms with Crippen LogP contribution in [0, 0.1) is 6.92 Å². The van der Waals surface area contributed by atoms with Crippen molar-refractivity contribution in [2.75, 3.05) is 11.4 Å². The van der Waals surface area contributed by atoms with E-state index in [1.165, 1.54) is 10.6 Å². The van der Waals surface area contributed by atoms with Crippen LogP contribution in [0.15, 0.2) is 86.8 Å². The molecule has 2 aromatic carbocycles. The summed E-state index contributed by atoms with van der Waals surface area (Å²) in [7, 11) is -2.29. The van der Waals surface area contributed by atoms with E-state index in [1.54, 1.807) is 67.8 Å². The molecule has 0 aliphatic heterocycles. The van der Waals surface area contributed by atoms with Crippen LogP contribution in [0.1, 0.15) is 11.3 Å². The Morgan fingerprint density at radius 1 is 1.00 bits per heavy atom. The minimum atomic E-state index is -3.85. The Bertz CT molecular complexity index is 1230. The summed E-state index contributed by atoms with van der Waals surface area (Å²) in [5, 5.41) is 4.03. The van der Waals surface area contributed by atoms with E-state index < -0.39 is 10.0 Å². The standard InChI is InChI=1S/C22H20N2O5S/c1-16-5-3-6-20(13-16)30(25,26)24(18-8-10-19(27-2)11-9-18)15-17-14-22(29-23-17)21-7-4-12-28-21/h3-14H,15H2,1-2H3. The lowest BCUT2D eigenvalue weighted by Gasteiger charge is -2.24. The maximum atomic E-state index is 13.5. The molecule has 30 heavy (non-hydrogen) atoms. The first kappa shape index (κ1) is 19.8. The van der Waals surface area contributed by atoms with Crippen molar-refractivity contribution in [3.8, 4) is 17.3 Å². The summed E-state index contributed by atoms with van der Waals surface area (Å²) >= 11 is 0. The molecule has 0 radical (unpaired) electrons. The van der Waals surface area contributed by atoms with Gasteiger partial charge in [-0.1, -0.05) is 17.3 Å². The molecule has 4 rings (SSSR count). The van der Waals surface area contributed by atoms with E-state index in [2.05, 4.69) is 5.16 Å². The summed E-state index contributed by atoms with van der Waals surface area (Å²) in [5.74, 6) is 1.58. The van der Waals surface area contributed by atoms with Gasteiger partial charge in [-0.25, -0.2) is 8.42 Å². The predicted octanol–water partition coefficient (Wildman–Crippen LogP) is 4.65. The highest BCUT2D eigenvalue weighted by Gasteiger charge is 2.27. The van der Waals surface area contributed by atoms with E-state index >= 15 is 0 Å². The molecule has 4 aromatic rings. The smallest absolute Gasteiger partial charge is 0.264 e. The van der Waals surface area contributed by atoms with Gasteiger partial charge in [-0.2, -0.15) is 0 Å². The second-order valence-electron chi connectivity index (χ2n) is 6.69. The van der Waals surface area contributed by atoms with Gasteiger partial charge in [0.15, 0.2) is 5.76 Å². The highest BCUT2D eigenvalue weighted by molar-refractivity contribution is 7.92. The molecular weight excluding hydrogens is 404 g/mol. The zero-order chi connectivity index (χ0) is 21.1. The first-order chi connectivity index (χ1) is 14.5. The minimum absolute atomic E-state index is 0.00713. The molecule has 2 aromatic heterocycles. The molecule has 0 bridgehead atoms. The van der Waals surface area contributed by atoms with E-state index in [0.717, 1.165) is 5.56 Å². The average Bonchev–Trinajstić information content (AvgIpc) is 3.44. The van der Waals surface area contributed by atoms with Crippen molar-refractivity contribution in [1.29, 1.82) is 0 Å². The predicted molar refractivity (Wildman–Crippen MR) is 112 cm³/mol. The summed E-state index contributed by atoms with van der Waals surface area (Å²) in [5.41, 5.74) is 1.79. The van der Waals surface area contributed by atoms with Crippen LogP contribution in [0.2, 0.25) is 0 Å². The van der Waals surface area contributed by atoms with Gasteiger partial charge in [0.1, 0.15) is 11.4 Å². The number of sulfonamides is 1. The number of methoxy groups -OCH3 is 1. The fraction of sp³-hybridized carbons (Fsp3) is 0.136. The number of ether oxygens (including phenoxy) is 1. The third-order valence-electron chi connectivity index (χ3n) is 4.57. The number of rotatable bonds is 7. The number of aryl methyl sites for hydroxylation is 1. The maximum absolute atomic E-state index is 13.5. The molecule has 2 heterocycles. The van der Waals surface area contributed by atoms with E-state index in [0.29, 0.717) is 28.7 Å². The third-order valence-corrected chi connectivity index (χ3v) is 6.34. The average molecular weight is 424 g/mol. The Morgan fingerprint density at radius 2 is 1.80 bits per heavy atom. The van der Waals surface area contributed by atoms with Crippen LogP contribution in [0.3, 0.4) is 0 Å². The summed E-state index contributed by atoms with van der Waals surface area (Å²) in [6.07, 6.45) is 1.53. The van der Waals surface area contributed by atoms with Gasteiger partial charge in [-0.15, -0.1) is 0 Å². The number of aromatic nitrogens is 1. The Kier molecular flexibility index (Phi) is 5.33. The number of nitrogens with zero attached hydrogens (tertiary/aromatic N) is 2. The largest absolute Gasteiger partial charge is 0.497 e. The fourth-order valence-corrected chi connectivity index (χ4v) is 4.58. The van der Waals surface area contributed by atoms with Gasteiger partial charge >= 0.3 is 0 Å². The number of anilines is 1. The first-order valence-electron chi connectivity index (χ1n) is 9.20.